The van der Waals surface area contributed by atoms with Crippen molar-refractivity contribution in [2.24, 2.45) is 0 Å². The molecule has 0 atom stereocenters. The number of benzene rings is 1. The molecule has 0 fully saturated rings. The molecule has 0 saturated carbocycles. The van der Waals surface area contributed by atoms with Gasteiger partial charge in [0.2, 0.25) is 0 Å². The Bertz CT molecular complexity index is 837. The number of rotatable bonds is 2. The lowest BCUT2D eigenvalue weighted by Gasteiger charge is -2.01. The highest BCUT2D eigenvalue weighted by molar-refractivity contribution is 8.03. The topological polar surface area (TPSA) is 34.1 Å². The molecule has 4 rings (SSSR count). The minimum absolute atomic E-state index is 0.788. The molecule has 0 radical (unpaired) electrons. The van der Waals surface area contributed by atoms with Gasteiger partial charge in [0.25, 0.3) is 0 Å². The first-order valence-electron chi connectivity index (χ1n) is 6.12. The number of fused-ring (bicyclic) bond motifs is 2. The summed E-state index contributed by atoms with van der Waals surface area (Å²) in [7, 11) is 1.67. The summed E-state index contributed by atoms with van der Waals surface area (Å²) >= 11 is 10.8. The molecule has 1 N–H and O–H groups in total. The van der Waals surface area contributed by atoms with Crippen LogP contribution in [0, 0.1) is 0 Å². The molecule has 0 aliphatic carbocycles. The second kappa shape index (κ2) is 5.21. The van der Waals surface area contributed by atoms with E-state index in [1.165, 1.54) is 16.2 Å². The van der Waals surface area contributed by atoms with Crippen molar-refractivity contribution in [3.8, 4) is 5.75 Å². The first-order chi connectivity index (χ1) is 10.2. The van der Waals surface area contributed by atoms with Crippen molar-refractivity contribution < 1.29 is 4.74 Å². The Morgan fingerprint density at radius 2 is 2.19 bits per heavy atom. The molecule has 3 nitrogen and oxygen atoms in total. The number of thiazole rings is 1. The van der Waals surface area contributed by atoms with Crippen molar-refractivity contribution in [2.75, 3.05) is 12.4 Å². The maximum Gasteiger partial charge on any atom is 0.136 e. The van der Waals surface area contributed by atoms with Gasteiger partial charge in [-0.2, -0.15) is 0 Å². The second-order valence-electron chi connectivity index (χ2n) is 4.37. The monoisotopic (exact) mass is 352 g/mol. The number of aromatic nitrogens is 1. The van der Waals surface area contributed by atoms with Crippen molar-refractivity contribution in [3.63, 3.8) is 0 Å². The minimum Gasteiger partial charge on any atom is -0.497 e. The smallest absolute Gasteiger partial charge is 0.136 e. The summed E-state index contributed by atoms with van der Waals surface area (Å²) in [5.74, 6) is 0.854. The molecule has 1 aliphatic rings. The lowest BCUT2D eigenvalue weighted by molar-refractivity contribution is 0.415. The molecule has 106 valence electrons. The van der Waals surface area contributed by atoms with E-state index in [0.717, 1.165) is 35.3 Å². The number of hydrogen-bond donors (Lipinski definition) is 1. The van der Waals surface area contributed by atoms with E-state index in [1.807, 2.05) is 18.2 Å². The van der Waals surface area contributed by atoms with E-state index in [0.29, 0.717) is 0 Å². The number of halogens is 1. The fourth-order valence-corrected chi connectivity index (χ4v) is 5.35. The summed E-state index contributed by atoms with van der Waals surface area (Å²) in [5, 5.41) is 5.46. The first-order valence-corrected chi connectivity index (χ1v) is 8.94. The van der Waals surface area contributed by atoms with E-state index in [1.54, 1.807) is 30.2 Å². The number of hydrogen-bond acceptors (Lipinski definition) is 6. The van der Waals surface area contributed by atoms with Crippen LogP contribution in [0.5, 0.6) is 5.75 Å². The van der Waals surface area contributed by atoms with E-state index in [2.05, 4.69) is 22.4 Å². The summed E-state index contributed by atoms with van der Waals surface area (Å²) < 4.78 is 7.17. The van der Waals surface area contributed by atoms with Crippen LogP contribution in [0.3, 0.4) is 0 Å². The van der Waals surface area contributed by atoms with Crippen molar-refractivity contribution in [1.29, 1.82) is 0 Å². The molecule has 3 aromatic rings. The fraction of sp³-hybridized carbons (Fsp3) is 0.0714. The van der Waals surface area contributed by atoms with E-state index in [4.69, 9.17) is 16.3 Å². The van der Waals surface area contributed by atoms with Gasteiger partial charge in [-0.25, -0.2) is 4.98 Å². The summed E-state index contributed by atoms with van der Waals surface area (Å²) in [6.45, 7) is 0. The average molecular weight is 353 g/mol. The quantitative estimate of drug-likeness (QED) is 0.657. The van der Waals surface area contributed by atoms with Gasteiger partial charge in [0.15, 0.2) is 0 Å². The van der Waals surface area contributed by atoms with Crippen molar-refractivity contribution in [1.82, 2.24) is 4.98 Å². The molecular weight excluding hydrogens is 344 g/mol. The van der Waals surface area contributed by atoms with Gasteiger partial charge in [-0.1, -0.05) is 23.4 Å². The largest absolute Gasteiger partial charge is 0.497 e. The van der Waals surface area contributed by atoms with Crippen molar-refractivity contribution in [2.45, 2.75) is 4.90 Å². The molecule has 1 aromatic carbocycles. The van der Waals surface area contributed by atoms with E-state index in [9.17, 15) is 0 Å². The maximum absolute atomic E-state index is 5.98. The van der Waals surface area contributed by atoms with Gasteiger partial charge >= 0.3 is 0 Å². The Morgan fingerprint density at radius 1 is 1.29 bits per heavy atom. The summed E-state index contributed by atoms with van der Waals surface area (Å²) in [5.41, 5.74) is 1.08. The number of thioether (sulfide) groups is 1. The lowest BCUT2D eigenvalue weighted by atomic mass is 10.3. The van der Waals surface area contributed by atoms with Crippen LogP contribution < -0.4 is 10.1 Å². The molecule has 1 aliphatic heterocycles. The Hall–Kier alpha value is -1.21. The zero-order chi connectivity index (χ0) is 14.4. The van der Waals surface area contributed by atoms with Gasteiger partial charge in [-0.3, -0.25) is 0 Å². The van der Waals surface area contributed by atoms with Crippen LogP contribution in [0.2, 0.25) is 4.34 Å². The minimum atomic E-state index is 0.788. The molecule has 2 aromatic heterocycles. The van der Waals surface area contributed by atoms with Crippen LogP contribution in [0.1, 0.15) is 5.01 Å². The first kappa shape index (κ1) is 13.5. The highest BCUT2D eigenvalue weighted by Crippen LogP contribution is 2.43. The Balaban J connectivity index is 1.63. The number of anilines is 1. The van der Waals surface area contributed by atoms with Gasteiger partial charge in [0.05, 0.1) is 26.9 Å². The molecule has 7 heteroatoms. The van der Waals surface area contributed by atoms with E-state index >= 15 is 0 Å². The molecule has 21 heavy (non-hydrogen) atoms. The Morgan fingerprint density at radius 3 is 3.00 bits per heavy atom. The molecule has 0 bridgehead atoms. The van der Waals surface area contributed by atoms with Crippen LogP contribution in [0.15, 0.2) is 34.2 Å². The van der Waals surface area contributed by atoms with Gasteiger partial charge in [-0.05, 0) is 18.2 Å². The van der Waals surface area contributed by atoms with Gasteiger partial charge in [-0.15, -0.1) is 22.7 Å². The number of thiophene rings is 1. The third kappa shape index (κ3) is 2.53. The molecular formula is C14H9ClN2OS3. The van der Waals surface area contributed by atoms with Gasteiger partial charge in [0.1, 0.15) is 15.6 Å². The van der Waals surface area contributed by atoms with Crippen molar-refractivity contribution in [3.05, 3.63) is 38.6 Å². The lowest BCUT2D eigenvalue weighted by Crippen LogP contribution is -1.89. The highest BCUT2D eigenvalue weighted by Gasteiger charge is 2.17. The predicted molar refractivity (Wildman–Crippen MR) is 93.0 cm³/mol. The zero-order valence-corrected chi connectivity index (χ0v) is 14.1. The molecule has 0 saturated heterocycles. The van der Waals surface area contributed by atoms with Gasteiger partial charge in [0, 0.05) is 17.0 Å². The molecule has 3 heterocycles. The number of nitrogens with zero attached hydrogens (tertiary/aromatic N) is 1. The maximum atomic E-state index is 5.98. The molecule has 0 spiro atoms. The zero-order valence-electron chi connectivity index (χ0n) is 10.8. The molecule has 0 amide bonds. The summed E-state index contributed by atoms with van der Waals surface area (Å²) in [4.78, 5) is 6.79. The summed E-state index contributed by atoms with van der Waals surface area (Å²) in [6.07, 6.45) is 2.07. The third-order valence-electron chi connectivity index (χ3n) is 2.99. The number of methoxy groups -OCH3 is 1. The van der Waals surface area contributed by atoms with Crippen LogP contribution in [-0.4, -0.2) is 12.1 Å². The van der Waals surface area contributed by atoms with Gasteiger partial charge < -0.3 is 10.1 Å². The Labute approximate surface area is 138 Å². The predicted octanol–water partition coefficient (Wildman–Crippen LogP) is 5.54. The standard InChI is InChI=1S/C14H9ClN2OS3/c1-18-7-2-3-9-8(4-7)16-12(19-9)6-13-17-14-10(20-13)5-11(15)21-14/h2-6,16H,1H3/b12-6-. The second-order valence-corrected chi connectivity index (χ2v) is 8.18. The summed E-state index contributed by atoms with van der Waals surface area (Å²) in [6, 6.07) is 8.00. The molecule has 0 unspecified atom stereocenters. The fourth-order valence-electron chi connectivity index (χ4n) is 2.06. The SMILES string of the molecule is COc1ccc2c(c1)N/C(=C/c1nc3sc(Cl)cc3s1)S2. The number of nitrogens with one attached hydrogen (secondary N) is 1. The number of ether oxygens (including phenoxy) is 1. The van der Waals surface area contributed by atoms with E-state index < -0.39 is 0 Å². The highest BCUT2D eigenvalue weighted by atomic mass is 35.5. The van der Waals surface area contributed by atoms with Crippen LogP contribution >= 0.6 is 46.0 Å². The van der Waals surface area contributed by atoms with E-state index in [-0.39, 0.29) is 0 Å². The van der Waals surface area contributed by atoms with Crippen molar-refractivity contribution >= 4 is 67.3 Å². The Kier molecular flexibility index (Phi) is 3.34. The van der Waals surface area contributed by atoms with Crippen LogP contribution in [0.25, 0.3) is 15.6 Å². The van der Waals surface area contributed by atoms with Crippen LogP contribution in [0.4, 0.5) is 5.69 Å². The van der Waals surface area contributed by atoms with Crippen LogP contribution in [-0.2, 0) is 0 Å². The average Bonchev–Trinajstić information content (AvgIpc) is 3.09. The third-order valence-corrected chi connectivity index (χ3v) is 6.25. The normalized spacial score (nSPS) is 15.4.